The number of hydrogen-bond acceptors (Lipinski definition) is 5. The number of methoxy groups -OCH3 is 1. The molecule has 0 saturated carbocycles. The number of carbonyl (C=O) groups excluding carboxylic acids is 1. The van der Waals surface area contributed by atoms with Gasteiger partial charge in [-0.2, -0.15) is 0 Å². The lowest BCUT2D eigenvalue weighted by atomic mass is 10.1. The molecule has 0 aliphatic rings. The number of benzene rings is 2. The van der Waals surface area contributed by atoms with Crippen LogP contribution in [0.4, 0.5) is 4.39 Å². The molecule has 1 amide bonds. The third-order valence-corrected chi connectivity index (χ3v) is 6.49. The van der Waals surface area contributed by atoms with E-state index < -0.39 is 27.3 Å². The quantitative estimate of drug-likeness (QED) is 0.547. The highest BCUT2D eigenvalue weighted by atomic mass is 32.2. The number of halogens is 1. The normalized spacial score (nSPS) is 11.9. The van der Waals surface area contributed by atoms with Crippen molar-refractivity contribution >= 4 is 15.9 Å². The fraction of sp³-hybridized carbons (Fsp3) is 0.304. The number of hydrogen-bond donors (Lipinski definition) is 2. The van der Waals surface area contributed by atoms with Gasteiger partial charge in [0.25, 0.3) is 5.91 Å². The summed E-state index contributed by atoms with van der Waals surface area (Å²) in [7, 11) is -2.58. The minimum Gasteiger partial charge on any atom is -0.495 e. The third-order valence-electron chi connectivity index (χ3n) is 4.71. The van der Waals surface area contributed by atoms with Crippen LogP contribution in [0.25, 0.3) is 5.69 Å². The standard InChI is InChI=1S/C23H27FN4O4S/c1-15-25-10-11-28(15)19-8-6-16(12-18(19)24)14-26-22(29)17-7-9-20(32-5)21(13-17)33(30,31)27-23(2,3)4/h6-13,27H,14H2,1-5H3,(H,26,29). The Bertz CT molecular complexity index is 1280. The first-order valence-corrected chi connectivity index (χ1v) is 11.7. The van der Waals surface area contributed by atoms with Crippen LogP contribution in [0.3, 0.4) is 0 Å². The Balaban J connectivity index is 1.78. The molecule has 8 nitrogen and oxygen atoms in total. The summed E-state index contributed by atoms with van der Waals surface area (Å²) in [6.07, 6.45) is 3.25. The number of rotatable bonds is 7. The van der Waals surface area contributed by atoms with E-state index >= 15 is 0 Å². The SMILES string of the molecule is COc1ccc(C(=O)NCc2ccc(-n3ccnc3C)c(F)c2)cc1S(=O)(=O)NC(C)(C)C. The summed E-state index contributed by atoms with van der Waals surface area (Å²) in [4.78, 5) is 16.6. The first-order valence-electron chi connectivity index (χ1n) is 10.2. The Kier molecular flexibility index (Phi) is 6.89. The van der Waals surface area contributed by atoms with Crippen molar-refractivity contribution in [3.8, 4) is 11.4 Å². The topological polar surface area (TPSA) is 102 Å². The van der Waals surface area contributed by atoms with E-state index in [4.69, 9.17) is 4.74 Å². The van der Waals surface area contributed by atoms with Crippen LogP contribution < -0.4 is 14.8 Å². The minimum absolute atomic E-state index is 0.0628. The molecule has 0 atom stereocenters. The van der Waals surface area contributed by atoms with E-state index in [2.05, 4.69) is 15.0 Å². The van der Waals surface area contributed by atoms with E-state index in [0.717, 1.165) is 0 Å². The van der Waals surface area contributed by atoms with Gasteiger partial charge in [-0.15, -0.1) is 0 Å². The molecule has 0 bridgehead atoms. The molecule has 176 valence electrons. The van der Waals surface area contributed by atoms with Gasteiger partial charge in [-0.05, 0) is 63.6 Å². The largest absolute Gasteiger partial charge is 0.495 e. The van der Waals surface area contributed by atoms with Crippen molar-refractivity contribution in [1.29, 1.82) is 0 Å². The molecule has 3 aromatic rings. The summed E-state index contributed by atoms with van der Waals surface area (Å²) in [5.74, 6) is -0.175. The summed E-state index contributed by atoms with van der Waals surface area (Å²) >= 11 is 0. The van der Waals surface area contributed by atoms with Crippen molar-refractivity contribution in [3.63, 3.8) is 0 Å². The van der Waals surface area contributed by atoms with Crippen LogP contribution in [0.5, 0.6) is 5.75 Å². The number of nitrogens with one attached hydrogen (secondary N) is 2. The number of aryl methyl sites for hydroxylation is 1. The Morgan fingerprint density at radius 3 is 2.48 bits per heavy atom. The maximum atomic E-state index is 14.6. The molecule has 10 heteroatoms. The molecule has 0 fully saturated rings. The second-order valence-electron chi connectivity index (χ2n) is 8.53. The molecular formula is C23H27FN4O4S. The molecule has 2 N–H and O–H groups in total. The maximum absolute atomic E-state index is 14.6. The first-order chi connectivity index (χ1) is 15.4. The molecule has 0 spiro atoms. The van der Waals surface area contributed by atoms with E-state index in [-0.39, 0.29) is 22.8 Å². The molecule has 2 aromatic carbocycles. The van der Waals surface area contributed by atoms with E-state index in [1.807, 2.05) is 0 Å². The fourth-order valence-corrected chi connectivity index (χ4v) is 4.87. The number of imidazole rings is 1. The second-order valence-corrected chi connectivity index (χ2v) is 10.2. The van der Waals surface area contributed by atoms with Gasteiger partial charge in [0.05, 0.1) is 12.8 Å². The smallest absolute Gasteiger partial charge is 0.251 e. The summed E-state index contributed by atoms with van der Waals surface area (Å²) in [5, 5.41) is 2.69. The fourth-order valence-electron chi connectivity index (χ4n) is 3.26. The maximum Gasteiger partial charge on any atom is 0.251 e. The Morgan fingerprint density at radius 1 is 1.18 bits per heavy atom. The average Bonchev–Trinajstić information content (AvgIpc) is 3.15. The molecule has 33 heavy (non-hydrogen) atoms. The highest BCUT2D eigenvalue weighted by Gasteiger charge is 2.26. The lowest BCUT2D eigenvalue weighted by Crippen LogP contribution is -2.40. The van der Waals surface area contributed by atoms with E-state index in [1.54, 1.807) is 56.8 Å². The number of carbonyl (C=O) groups is 1. The molecule has 0 aliphatic carbocycles. The van der Waals surface area contributed by atoms with Gasteiger partial charge in [-0.3, -0.25) is 4.79 Å². The lowest BCUT2D eigenvalue weighted by molar-refractivity contribution is 0.0950. The molecule has 0 unspecified atom stereocenters. The Labute approximate surface area is 192 Å². The number of sulfonamides is 1. The van der Waals surface area contributed by atoms with Crippen molar-refractivity contribution in [2.24, 2.45) is 0 Å². The van der Waals surface area contributed by atoms with Gasteiger partial charge in [0.2, 0.25) is 10.0 Å². The van der Waals surface area contributed by atoms with Gasteiger partial charge in [-0.1, -0.05) is 6.07 Å². The number of nitrogens with zero attached hydrogens (tertiary/aromatic N) is 2. The van der Waals surface area contributed by atoms with E-state index in [9.17, 15) is 17.6 Å². The van der Waals surface area contributed by atoms with E-state index in [1.165, 1.54) is 31.4 Å². The summed E-state index contributed by atoms with van der Waals surface area (Å²) in [5.41, 5.74) is 0.332. The monoisotopic (exact) mass is 474 g/mol. The van der Waals surface area contributed by atoms with Crippen LogP contribution in [-0.4, -0.2) is 36.5 Å². The van der Waals surface area contributed by atoms with Gasteiger partial charge in [0.15, 0.2) is 0 Å². The second kappa shape index (κ2) is 9.32. The van der Waals surface area contributed by atoms with Crippen molar-refractivity contribution < 1.29 is 22.3 Å². The molecule has 0 saturated heterocycles. The Morgan fingerprint density at radius 2 is 1.91 bits per heavy atom. The number of aromatic nitrogens is 2. The molecule has 0 radical (unpaired) electrons. The zero-order chi connectivity index (χ0) is 24.4. The van der Waals surface area contributed by atoms with Crippen molar-refractivity contribution in [2.75, 3.05) is 7.11 Å². The predicted octanol–water partition coefficient (Wildman–Crippen LogP) is 3.34. The van der Waals surface area contributed by atoms with Crippen LogP contribution in [0.1, 0.15) is 42.5 Å². The number of ether oxygens (including phenoxy) is 1. The van der Waals surface area contributed by atoms with Gasteiger partial charge in [-0.25, -0.2) is 22.5 Å². The predicted molar refractivity (Wildman–Crippen MR) is 122 cm³/mol. The van der Waals surface area contributed by atoms with Gasteiger partial charge in [0, 0.05) is 30.0 Å². The van der Waals surface area contributed by atoms with Crippen LogP contribution >= 0.6 is 0 Å². The molecule has 0 aliphatic heterocycles. The molecule has 1 heterocycles. The van der Waals surface area contributed by atoms with Crippen LogP contribution in [0.15, 0.2) is 53.7 Å². The van der Waals surface area contributed by atoms with Crippen molar-refractivity contribution in [1.82, 2.24) is 19.6 Å². The lowest BCUT2D eigenvalue weighted by Gasteiger charge is -2.21. The third kappa shape index (κ3) is 5.77. The zero-order valence-electron chi connectivity index (χ0n) is 19.1. The van der Waals surface area contributed by atoms with Crippen LogP contribution in [0.2, 0.25) is 0 Å². The molecule has 1 aromatic heterocycles. The average molecular weight is 475 g/mol. The highest BCUT2D eigenvalue weighted by molar-refractivity contribution is 7.89. The minimum atomic E-state index is -3.93. The molecular weight excluding hydrogens is 447 g/mol. The van der Waals surface area contributed by atoms with Crippen LogP contribution in [-0.2, 0) is 16.6 Å². The van der Waals surface area contributed by atoms with Gasteiger partial charge >= 0.3 is 0 Å². The summed E-state index contributed by atoms with van der Waals surface area (Å²) < 4.78 is 49.5. The van der Waals surface area contributed by atoms with Crippen molar-refractivity contribution in [2.45, 2.75) is 44.7 Å². The highest BCUT2D eigenvalue weighted by Crippen LogP contribution is 2.26. The number of amides is 1. The first kappa shape index (κ1) is 24.4. The van der Waals surface area contributed by atoms with Crippen molar-refractivity contribution in [3.05, 3.63) is 71.6 Å². The summed E-state index contributed by atoms with van der Waals surface area (Å²) in [6, 6.07) is 8.81. The van der Waals surface area contributed by atoms with Crippen LogP contribution in [0, 0.1) is 12.7 Å². The summed E-state index contributed by atoms with van der Waals surface area (Å²) in [6.45, 7) is 6.98. The van der Waals surface area contributed by atoms with E-state index in [0.29, 0.717) is 17.1 Å². The van der Waals surface area contributed by atoms with Gasteiger partial charge < -0.3 is 14.6 Å². The zero-order valence-corrected chi connectivity index (χ0v) is 20.0. The Hall–Kier alpha value is -3.24. The molecule has 3 rings (SSSR count). The van der Waals surface area contributed by atoms with Gasteiger partial charge in [0.1, 0.15) is 22.3 Å².